The van der Waals surface area contributed by atoms with Gasteiger partial charge in [-0.15, -0.1) is 0 Å². The van der Waals surface area contributed by atoms with E-state index < -0.39 is 11.5 Å². The van der Waals surface area contributed by atoms with E-state index in [1.54, 1.807) is 12.1 Å². The number of hydrogen-bond donors (Lipinski definition) is 0. The zero-order valence-corrected chi connectivity index (χ0v) is 9.01. The molecule has 2 aromatic rings. The van der Waals surface area contributed by atoms with Crippen LogP contribution in [0.1, 0.15) is 18.4 Å². The Labute approximate surface area is 97.7 Å². The second-order valence-corrected chi connectivity index (χ2v) is 4.39. The zero-order chi connectivity index (χ0) is 12.0. The molecule has 17 heavy (non-hydrogen) atoms. The molecule has 0 saturated heterocycles. The van der Waals surface area contributed by atoms with Gasteiger partial charge in [0.2, 0.25) is 0 Å². The van der Waals surface area contributed by atoms with E-state index in [1.165, 1.54) is 6.20 Å². The highest BCUT2D eigenvalue weighted by Crippen LogP contribution is 2.50. The molecule has 1 aromatic carbocycles. The van der Waals surface area contributed by atoms with Crippen LogP contribution < -0.4 is 5.11 Å². The van der Waals surface area contributed by atoms with Crippen LogP contribution in [-0.4, -0.2) is 10.7 Å². The summed E-state index contributed by atoms with van der Waals surface area (Å²) in [5, 5.41) is 21.1. The molecule has 0 bridgehead atoms. The molecule has 1 aliphatic rings. The van der Waals surface area contributed by atoms with Crippen molar-refractivity contribution in [3.05, 3.63) is 36.0 Å². The van der Waals surface area contributed by atoms with Gasteiger partial charge in [-0.25, -0.2) is 0 Å². The van der Waals surface area contributed by atoms with Crippen LogP contribution in [0.5, 0.6) is 0 Å². The van der Waals surface area contributed by atoms with Gasteiger partial charge in [0.1, 0.15) is 6.09 Å². The van der Waals surface area contributed by atoms with Crippen molar-refractivity contribution in [2.45, 2.75) is 18.3 Å². The van der Waals surface area contributed by atoms with Gasteiger partial charge in [0.15, 0.2) is 0 Å². The van der Waals surface area contributed by atoms with Gasteiger partial charge in [0.25, 0.3) is 0 Å². The molecular formula is C13H9N2O2-. The first-order valence-electron chi connectivity index (χ1n) is 5.41. The Morgan fingerprint density at radius 1 is 1.41 bits per heavy atom. The summed E-state index contributed by atoms with van der Waals surface area (Å²) < 4.78 is 1.09. The molecule has 0 radical (unpaired) electrons. The molecule has 1 aliphatic carbocycles. The third-order valence-electron chi connectivity index (χ3n) is 3.39. The Balaban J connectivity index is 2.34. The maximum Gasteiger partial charge on any atom is 0.146 e. The summed E-state index contributed by atoms with van der Waals surface area (Å²) in [5.74, 6) is 0. The van der Waals surface area contributed by atoms with Crippen molar-refractivity contribution < 1.29 is 9.90 Å². The number of benzene rings is 1. The van der Waals surface area contributed by atoms with Crippen LogP contribution in [0.15, 0.2) is 30.5 Å². The van der Waals surface area contributed by atoms with Crippen LogP contribution in [-0.2, 0) is 5.41 Å². The first-order valence-corrected chi connectivity index (χ1v) is 5.41. The Bertz CT molecular complexity index is 660. The summed E-state index contributed by atoms with van der Waals surface area (Å²) in [6.45, 7) is 0. The third kappa shape index (κ3) is 1.26. The molecule has 1 saturated carbocycles. The lowest BCUT2D eigenvalue weighted by Gasteiger charge is -2.03. The SMILES string of the molecule is N#CC1(c2cn(C(=O)[O-])c3ccccc23)CC1. The van der Waals surface area contributed by atoms with Crippen LogP contribution in [0.2, 0.25) is 0 Å². The summed E-state index contributed by atoms with van der Waals surface area (Å²) in [7, 11) is 0. The quantitative estimate of drug-likeness (QED) is 0.736. The number of hydrogen-bond acceptors (Lipinski definition) is 3. The number of carboxylic acid groups (broad SMARTS) is 1. The highest BCUT2D eigenvalue weighted by atomic mass is 16.4. The maximum atomic E-state index is 11.0. The molecule has 0 amide bonds. The first-order chi connectivity index (χ1) is 8.18. The lowest BCUT2D eigenvalue weighted by Crippen LogP contribution is -2.27. The highest BCUT2D eigenvalue weighted by molar-refractivity contribution is 5.92. The summed E-state index contributed by atoms with van der Waals surface area (Å²) in [6, 6.07) is 9.48. The monoisotopic (exact) mass is 225 g/mol. The Hall–Kier alpha value is -2.28. The number of carbonyl (C=O) groups is 1. The summed E-state index contributed by atoms with van der Waals surface area (Å²) >= 11 is 0. The molecule has 4 nitrogen and oxygen atoms in total. The topological polar surface area (TPSA) is 68.8 Å². The normalized spacial score (nSPS) is 16.6. The zero-order valence-electron chi connectivity index (χ0n) is 9.01. The van der Waals surface area contributed by atoms with Gasteiger partial charge in [-0.2, -0.15) is 5.26 Å². The molecule has 0 N–H and O–H groups in total. The predicted octanol–water partition coefficient (Wildman–Crippen LogP) is 1.39. The smallest absolute Gasteiger partial charge is 0.146 e. The second-order valence-electron chi connectivity index (χ2n) is 4.39. The molecule has 1 fully saturated rings. The van der Waals surface area contributed by atoms with Crippen molar-refractivity contribution in [1.82, 2.24) is 4.57 Å². The fourth-order valence-electron chi connectivity index (χ4n) is 2.28. The van der Waals surface area contributed by atoms with Crippen LogP contribution in [0.4, 0.5) is 4.79 Å². The van der Waals surface area contributed by atoms with E-state index in [-0.39, 0.29) is 0 Å². The van der Waals surface area contributed by atoms with E-state index in [0.717, 1.165) is 28.4 Å². The van der Waals surface area contributed by atoms with E-state index >= 15 is 0 Å². The largest absolute Gasteiger partial charge is 0.529 e. The number of aromatic nitrogens is 1. The predicted molar refractivity (Wildman–Crippen MR) is 59.3 cm³/mol. The minimum absolute atomic E-state index is 0.486. The number of para-hydroxylation sites is 1. The van der Waals surface area contributed by atoms with Gasteiger partial charge < -0.3 is 14.5 Å². The second kappa shape index (κ2) is 3.11. The van der Waals surface area contributed by atoms with Gasteiger partial charge in [0.05, 0.1) is 17.0 Å². The fraction of sp³-hybridized carbons (Fsp3) is 0.231. The van der Waals surface area contributed by atoms with Crippen molar-refractivity contribution in [3.63, 3.8) is 0 Å². The van der Waals surface area contributed by atoms with Gasteiger partial charge in [-0.1, -0.05) is 18.2 Å². The Morgan fingerprint density at radius 2 is 2.12 bits per heavy atom. The Kier molecular flexibility index (Phi) is 1.81. The molecule has 0 aliphatic heterocycles. The molecule has 0 spiro atoms. The standard InChI is InChI=1S/C13H10N2O2/c14-8-13(5-6-13)10-7-15(12(16)17)11-4-2-1-3-9(10)11/h1-4,7H,5-6H2,(H,16,17)/p-1. The van der Waals surface area contributed by atoms with Gasteiger partial charge >= 0.3 is 0 Å². The average Bonchev–Trinajstić information content (AvgIpc) is 3.03. The lowest BCUT2D eigenvalue weighted by molar-refractivity contribution is -0.249. The van der Waals surface area contributed by atoms with E-state index in [2.05, 4.69) is 6.07 Å². The molecule has 1 heterocycles. The molecule has 84 valence electrons. The Morgan fingerprint density at radius 3 is 2.71 bits per heavy atom. The number of nitrogens with zero attached hydrogens (tertiary/aromatic N) is 2. The molecule has 1 aromatic heterocycles. The molecular weight excluding hydrogens is 216 g/mol. The van der Waals surface area contributed by atoms with Crippen molar-refractivity contribution in [2.75, 3.05) is 0 Å². The van der Waals surface area contributed by atoms with Gasteiger partial charge in [-0.3, -0.25) is 0 Å². The van der Waals surface area contributed by atoms with Crippen LogP contribution in [0.25, 0.3) is 10.9 Å². The molecule has 0 atom stereocenters. The summed E-state index contributed by atoms with van der Waals surface area (Å²) in [6.07, 6.45) is 1.85. The van der Waals surface area contributed by atoms with E-state index in [9.17, 15) is 15.2 Å². The van der Waals surface area contributed by atoms with Crippen molar-refractivity contribution in [1.29, 1.82) is 5.26 Å². The first kappa shape index (κ1) is 9.91. The number of fused-ring (bicyclic) bond motifs is 1. The van der Waals surface area contributed by atoms with Crippen LogP contribution in [0, 0.1) is 11.3 Å². The third-order valence-corrected chi connectivity index (χ3v) is 3.39. The van der Waals surface area contributed by atoms with E-state index in [1.807, 2.05) is 12.1 Å². The molecule has 4 heteroatoms. The highest BCUT2D eigenvalue weighted by Gasteiger charge is 2.46. The summed E-state index contributed by atoms with van der Waals surface area (Å²) in [5.41, 5.74) is 0.907. The van der Waals surface area contributed by atoms with E-state index in [0.29, 0.717) is 5.52 Å². The van der Waals surface area contributed by atoms with Gasteiger partial charge in [0, 0.05) is 11.6 Å². The average molecular weight is 225 g/mol. The number of rotatable bonds is 1. The van der Waals surface area contributed by atoms with Crippen molar-refractivity contribution in [2.24, 2.45) is 0 Å². The maximum absolute atomic E-state index is 11.0. The minimum Gasteiger partial charge on any atom is -0.529 e. The minimum atomic E-state index is -1.26. The number of nitriles is 1. The fourth-order valence-corrected chi connectivity index (χ4v) is 2.28. The lowest BCUT2D eigenvalue weighted by atomic mass is 9.97. The van der Waals surface area contributed by atoms with Crippen molar-refractivity contribution >= 4 is 17.0 Å². The summed E-state index contributed by atoms with van der Waals surface area (Å²) in [4.78, 5) is 11.0. The van der Waals surface area contributed by atoms with E-state index in [4.69, 9.17) is 0 Å². The van der Waals surface area contributed by atoms with Gasteiger partial charge in [-0.05, 0) is 24.5 Å². The number of carbonyl (C=O) groups excluding carboxylic acids is 1. The molecule has 3 rings (SSSR count). The van der Waals surface area contributed by atoms with Crippen molar-refractivity contribution in [3.8, 4) is 6.07 Å². The van der Waals surface area contributed by atoms with Crippen LogP contribution in [0.3, 0.4) is 0 Å². The van der Waals surface area contributed by atoms with Crippen LogP contribution >= 0.6 is 0 Å². The molecule has 0 unspecified atom stereocenters.